The van der Waals surface area contributed by atoms with Crippen molar-refractivity contribution in [2.45, 2.75) is 49.0 Å². The van der Waals surface area contributed by atoms with Gasteiger partial charge in [0.05, 0.1) is 0 Å². The quantitative estimate of drug-likeness (QED) is 0.600. The van der Waals surface area contributed by atoms with E-state index in [1.807, 2.05) is 0 Å². The van der Waals surface area contributed by atoms with Gasteiger partial charge in [-0.2, -0.15) is 0 Å². The van der Waals surface area contributed by atoms with Gasteiger partial charge in [0.25, 0.3) is 0 Å². The van der Waals surface area contributed by atoms with Crippen LogP contribution in [0, 0.1) is 0 Å². The van der Waals surface area contributed by atoms with E-state index < -0.39 is 0 Å². The number of rotatable bonds is 0. The average Bonchev–Trinajstić information content (AvgIpc) is 1.83. The fourth-order valence-electron chi connectivity index (χ4n) is 1.84. The molecule has 1 saturated heterocycles. The first-order valence-corrected chi connectivity index (χ1v) is 7.10. The summed E-state index contributed by atoms with van der Waals surface area (Å²) in [5.41, 5.74) is 0.385. The fourth-order valence-corrected chi connectivity index (χ4v) is 3.49. The summed E-state index contributed by atoms with van der Waals surface area (Å²) >= 11 is 1.13. The van der Waals surface area contributed by atoms with Crippen LogP contribution in [-0.4, -0.2) is 49.3 Å². The molecule has 1 fully saturated rings. The van der Waals surface area contributed by atoms with Crippen molar-refractivity contribution in [2.75, 3.05) is 13.1 Å². The van der Waals surface area contributed by atoms with Crippen molar-refractivity contribution in [3.05, 3.63) is 0 Å². The molecule has 12 heavy (non-hydrogen) atoms. The van der Waals surface area contributed by atoms with E-state index in [1.165, 1.54) is 25.9 Å². The molecule has 1 heterocycles. The van der Waals surface area contributed by atoms with Crippen molar-refractivity contribution in [3.63, 3.8) is 0 Å². The molecular formula is C10H20NTl. The van der Waals surface area contributed by atoms with Gasteiger partial charge in [-0.3, -0.25) is 0 Å². The number of hydrogen-bond acceptors (Lipinski definition) is 1. The van der Waals surface area contributed by atoms with Gasteiger partial charge in [0.15, 0.2) is 0 Å². The van der Waals surface area contributed by atoms with Crippen LogP contribution < -0.4 is 0 Å². The Morgan fingerprint density at radius 2 is 1.92 bits per heavy atom. The third-order valence-electron chi connectivity index (χ3n) is 2.68. The zero-order valence-electron chi connectivity index (χ0n) is 8.85. The second kappa shape index (κ2) is 3.56. The monoisotopic (exact) mass is 359 g/mol. The van der Waals surface area contributed by atoms with Crippen LogP contribution in [0.4, 0.5) is 0 Å². The molecule has 0 aromatic rings. The average molecular weight is 359 g/mol. The van der Waals surface area contributed by atoms with E-state index in [0.717, 1.165) is 25.8 Å². The molecule has 0 bridgehead atoms. The minimum atomic E-state index is 0.385. The van der Waals surface area contributed by atoms with Crippen molar-refractivity contribution in [3.8, 4) is 0 Å². The zero-order chi connectivity index (χ0) is 9.41. The summed E-state index contributed by atoms with van der Waals surface area (Å²) in [6.07, 6.45) is 2.87. The topological polar surface area (TPSA) is 3.24 Å². The first-order chi connectivity index (χ1) is 5.31. The van der Waals surface area contributed by atoms with E-state index in [4.69, 9.17) is 0 Å². The zero-order valence-corrected chi connectivity index (χ0v) is 13.3. The maximum absolute atomic E-state index is 2.65. The Morgan fingerprint density at radius 1 is 1.33 bits per heavy atom. The number of nitrogens with zero attached hydrogens (tertiary/aromatic N) is 1. The number of hydrogen-bond donors (Lipinski definition) is 0. The molecule has 1 rings (SSSR count). The standard InChI is InChI=1S/C10H20N.Tl/c1-9-6-5-7-11(8-9)10(2,3)4;/h5-8H2,1-4H3;. The maximum atomic E-state index is 2.65. The van der Waals surface area contributed by atoms with Crippen molar-refractivity contribution in [2.24, 2.45) is 0 Å². The van der Waals surface area contributed by atoms with Crippen molar-refractivity contribution in [1.29, 1.82) is 0 Å². The Labute approximate surface area is 92.6 Å². The number of piperidine rings is 1. The summed E-state index contributed by atoms with van der Waals surface area (Å²) in [5.74, 6) is 0. The number of likely N-dealkylation sites (tertiary alicyclic amines) is 1. The first-order valence-electron chi connectivity index (χ1n) is 4.85. The van der Waals surface area contributed by atoms with E-state index in [1.54, 1.807) is 0 Å². The van der Waals surface area contributed by atoms with Crippen LogP contribution in [0.5, 0.6) is 0 Å². The molecule has 1 aliphatic rings. The predicted molar refractivity (Wildman–Crippen MR) is 54.7 cm³/mol. The summed E-state index contributed by atoms with van der Waals surface area (Å²) in [7, 11) is 0. The van der Waals surface area contributed by atoms with Crippen LogP contribution >= 0.6 is 0 Å². The van der Waals surface area contributed by atoms with Crippen LogP contribution in [0.1, 0.15) is 40.5 Å². The van der Waals surface area contributed by atoms with Gasteiger partial charge < -0.3 is 0 Å². The van der Waals surface area contributed by atoms with Gasteiger partial charge in [-0.25, -0.2) is 0 Å². The van der Waals surface area contributed by atoms with Crippen LogP contribution in [0.2, 0.25) is 2.97 Å². The molecule has 0 radical (unpaired) electrons. The normalized spacial score (nSPS) is 33.6. The van der Waals surface area contributed by atoms with Gasteiger partial charge in [-0.1, -0.05) is 0 Å². The van der Waals surface area contributed by atoms with Crippen molar-refractivity contribution >= 4 is 25.8 Å². The molecule has 0 N–H and O–H groups in total. The Bertz CT molecular complexity index is 154. The fraction of sp³-hybridized carbons (Fsp3) is 1.00. The van der Waals surface area contributed by atoms with E-state index in [9.17, 15) is 0 Å². The minimum absolute atomic E-state index is 0.385. The molecule has 1 atom stereocenters. The third kappa shape index (κ3) is 2.98. The van der Waals surface area contributed by atoms with Gasteiger partial charge in [0, 0.05) is 0 Å². The molecule has 1 nitrogen and oxygen atoms in total. The first kappa shape index (κ1) is 11.0. The molecule has 0 aromatic heterocycles. The molecule has 2 heteroatoms. The van der Waals surface area contributed by atoms with Crippen molar-refractivity contribution in [1.82, 2.24) is 4.90 Å². The molecule has 1 unspecified atom stereocenters. The Hall–Kier alpha value is 0.882. The third-order valence-corrected chi connectivity index (χ3v) is 4.51. The second-order valence-electron chi connectivity index (χ2n) is 5.35. The van der Waals surface area contributed by atoms with E-state index in [0.29, 0.717) is 8.51 Å². The molecule has 0 saturated carbocycles. The summed E-state index contributed by atoms with van der Waals surface area (Å²) in [6.45, 7) is 12.1. The van der Waals surface area contributed by atoms with Gasteiger partial charge in [-0.05, 0) is 0 Å². The Kier molecular flexibility index (Phi) is 3.25. The molecule has 0 aromatic carbocycles. The van der Waals surface area contributed by atoms with Gasteiger partial charge >= 0.3 is 92.8 Å². The second-order valence-corrected chi connectivity index (χ2v) is 10.8. The molecule has 68 valence electrons. The molecule has 0 aliphatic carbocycles. The van der Waals surface area contributed by atoms with Crippen LogP contribution in [0.15, 0.2) is 0 Å². The van der Waals surface area contributed by atoms with Crippen molar-refractivity contribution < 1.29 is 0 Å². The summed E-state index contributed by atoms with van der Waals surface area (Å²) in [5, 5.41) is 0. The van der Waals surface area contributed by atoms with E-state index in [-0.39, 0.29) is 0 Å². The summed E-state index contributed by atoms with van der Waals surface area (Å²) < 4.78 is 0.700. The van der Waals surface area contributed by atoms with Gasteiger partial charge in [0.1, 0.15) is 0 Å². The van der Waals surface area contributed by atoms with Crippen LogP contribution in [0.3, 0.4) is 0 Å². The Balaban J connectivity index is 2.58. The molecule has 0 amide bonds. The molecule has 1 aliphatic heterocycles. The molecular weight excluding hydrogens is 339 g/mol. The SMILES string of the molecule is C[C]1([Tl])CCCN(C(C)(C)C)C1. The van der Waals surface area contributed by atoms with Crippen LogP contribution in [0.25, 0.3) is 0 Å². The van der Waals surface area contributed by atoms with Gasteiger partial charge in [-0.15, -0.1) is 0 Å². The predicted octanol–water partition coefficient (Wildman–Crippen LogP) is 2.23. The van der Waals surface area contributed by atoms with Gasteiger partial charge in [0.2, 0.25) is 0 Å². The summed E-state index contributed by atoms with van der Waals surface area (Å²) in [6, 6.07) is 0. The van der Waals surface area contributed by atoms with E-state index >= 15 is 0 Å². The van der Waals surface area contributed by atoms with E-state index in [2.05, 4.69) is 32.6 Å². The Morgan fingerprint density at radius 3 is 2.25 bits per heavy atom. The summed E-state index contributed by atoms with van der Waals surface area (Å²) in [4.78, 5) is 2.65. The molecule has 0 spiro atoms. The van der Waals surface area contributed by atoms with Crippen LogP contribution in [-0.2, 0) is 0 Å².